The molecule has 3 N–H and O–H groups in total. The Balaban J connectivity index is 2.87. The van der Waals surface area contributed by atoms with Crippen molar-refractivity contribution in [2.75, 3.05) is 6.54 Å². The molecule has 114 valence electrons. The molecule has 0 spiro atoms. The molecule has 0 saturated carbocycles. The van der Waals surface area contributed by atoms with Crippen LogP contribution in [-0.4, -0.2) is 17.8 Å². The lowest BCUT2D eigenvalue weighted by molar-refractivity contribution is 0.0894. The Hall–Kier alpha value is -0.280. The van der Waals surface area contributed by atoms with Gasteiger partial charge in [-0.15, -0.1) is 0 Å². The minimum atomic E-state index is -0.480. The highest BCUT2D eigenvalue weighted by atomic mass is 35.5. The molecule has 0 aromatic heterocycles. The summed E-state index contributed by atoms with van der Waals surface area (Å²) in [4.78, 5) is 0. The normalized spacial score (nSPS) is 16.8. The Labute approximate surface area is 132 Å². The largest absolute Gasteiger partial charge is 0.392 e. The summed E-state index contributed by atoms with van der Waals surface area (Å²) in [5.74, 6) is 0.281. The Kier molecular flexibility index (Phi) is 6.33. The third-order valence-electron chi connectivity index (χ3n) is 4.16. The van der Waals surface area contributed by atoms with Gasteiger partial charge in [-0.2, -0.15) is 0 Å². The highest BCUT2D eigenvalue weighted by Crippen LogP contribution is 2.34. The lowest BCUT2D eigenvalue weighted by Crippen LogP contribution is -2.30. The molecule has 0 aliphatic heterocycles. The first-order chi connectivity index (χ1) is 9.16. The highest BCUT2D eigenvalue weighted by molar-refractivity contribution is 6.42. The van der Waals surface area contributed by atoms with E-state index in [0.717, 1.165) is 5.56 Å². The van der Waals surface area contributed by atoms with E-state index in [1.54, 1.807) is 12.1 Å². The van der Waals surface area contributed by atoms with Crippen molar-refractivity contribution < 1.29 is 5.11 Å². The zero-order valence-corrected chi connectivity index (χ0v) is 14.2. The molecule has 4 heteroatoms. The molecule has 20 heavy (non-hydrogen) atoms. The molecule has 0 amide bonds. The molecule has 0 aliphatic carbocycles. The molecule has 1 aromatic carbocycles. The first kappa shape index (κ1) is 17.8. The predicted octanol–water partition coefficient (Wildman–Crippen LogP) is 4.47. The molecule has 0 fully saturated rings. The van der Waals surface area contributed by atoms with Crippen LogP contribution in [0.1, 0.15) is 45.6 Å². The van der Waals surface area contributed by atoms with Crippen LogP contribution in [0, 0.1) is 11.3 Å². The second kappa shape index (κ2) is 7.13. The van der Waals surface area contributed by atoms with Crippen LogP contribution in [0.2, 0.25) is 10.0 Å². The minimum absolute atomic E-state index is 0.116. The second-order valence-corrected chi connectivity index (χ2v) is 7.40. The van der Waals surface area contributed by atoms with E-state index in [0.29, 0.717) is 28.9 Å². The third kappa shape index (κ3) is 4.63. The van der Waals surface area contributed by atoms with Crippen molar-refractivity contribution in [2.45, 2.75) is 46.1 Å². The maximum atomic E-state index is 10.5. The third-order valence-corrected chi connectivity index (χ3v) is 4.90. The molecule has 0 heterocycles. The Morgan fingerprint density at radius 2 is 1.80 bits per heavy atom. The standard InChI is InChI=1S/C16H25Cl2NO/c1-10(16(2,3)4)7-15(20)12(9-19)11-5-6-13(17)14(18)8-11/h5-6,8,10,12,15,20H,7,9,19H2,1-4H3. The molecule has 1 aromatic rings. The molecular weight excluding hydrogens is 293 g/mol. The molecule has 1 rings (SSSR count). The van der Waals surface area contributed by atoms with Crippen molar-refractivity contribution in [3.05, 3.63) is 33.8 Å². The van der Waals surface area contributed by atoms with Crippen LogP contribution < -0.4 is 5.73 Å². The van der Waals surface area contributed by atoms with E-state index < -0.39 is 6.10 Å². The number of halogens is 2. The van der Waals surface area contributed by atoms with Crippen LogP contribution >= 0.6 is 23.2 Å². The number of hydrogen-bond acceptors (Lipinski definition) is 2. The van der Waals surface area contributed by atoms with Gasteiger partial charge in [0.25, 0.3) is 0 Å². The fourth-order valence-electron chi connectivity index (χ4n) is 2.14. The Morgan fingerprint density at radius 3 is 2.25 bits per heavy atom. The van der Waals surface area contributed by atoms with Gasteiger partial charge < -0.3 is 10.8 Å². The van der Waals surface area contributed by atoms with Crippen molar-refractivity contribution >= 4 is 23.2 Å². The van der Waals surface area contributed by atoms with E-state index in [1.807, 2.05) is 6.07 Å². The quantitative estimate of drug-likeness (QED) is 0.841. The van der Waals surface area contributed by atoms with Gasteiger partial charge in [-0.05, 0) is 35.4 Å². The van der Waals surface area contributed by atoms with Gasteiger partial charge in [0.1, 0.15) is 0 Å². The number of aliphatic hydroxyl groups is 1. The van der Waals surface area contributed by atoms with Gasteiger partial charge in [0.2, 0.25) is 0 Å². The zero-order valence-electron chi connectivity index (χ0n) is 12.7. The number of aliphatic hydroxyl groups excluding tert-OH is 1. The van der Waals surface area contributed by atoms with E-state index >= 15 is 0 Å². The molecule has 3 unspecified atom stereocenters. The molecule has 0 aliphatic rings. The SMILES string of the molecule is CC(CC(O)C(CN)c1ccc(Cl)c(Cl)c1)C(C)(C)C. The van der Waals surface area contributed by atoms with Crippen molar-refractivity contribution in [3.63, 3.8) is 0 Å². The molecule has 2 nitrogen and oxygen atoms in total. The van der Waals surface area contributed by atoms with Crippen LogP contribution in [0.25, 0.3) is 0 Å². The zero-order chi connectivity index (χ0) is 15.5. The summed E-state index contributed by atoms with van der Waals surface area (Å²) in [6.07, 6.45) is 0.234. The van der Waals surface area contributed by atoms with Gasteiger partial charge in [0.05, 0.1) is 16.1 Å². The van der Waals surface area contributed by atoms with E-state index in [2.05, 4.69) is 27.7 Å². The van der Waals surface area contributed by atoms with Crippen molar-refractivity contribution in [1.29, 1.82) is 0 Å². The molecule has 0 saturated heterocycles. The maximum Gasteiger partial charge on any atom is 0.0623 e. The van der Waals surface area contributed by atoms with Crippen LogP contribution in [-0.2, 0) is 0 Å². The fraction of sp³-hybridized carbons (Fsp3) is 0.625. The number of rotatable bonds is 5. The van der Waals surface area contributed by atoms with Gasteiger partial charge in [-0.1, -0.05) is 57.0 Å². The van der Waals surface area contributed by atoms with Crippen LogP contribution in [0.4, 0.5) is 0 Å². The van der Waals surface area contributed by atoms with Crippen LogP contribution in [0.5, 0.6) is 0 Å². The lowest BCUT2D eigenvalue weighted by atomic mass is 9.76. The minimum Gasteiger partial charge on any atom is -0.392 e. The highest BCUT2D eigenvalue weighted by Gasteiger charge is 2.27. The van der Waals surface area contributed by atoms with E-state index in [9.17, 15) is 5.11 Å². The Bertz CT molecular complexity index is 443. The lowest BCUT2D eigenvalue weighted by Gasteiger charge is -2.32. The first-order valence-corrected chi connectivity index (χ1v) is 7.75. The summed E-state index contributed by atoms with van der Waals surface area (Å²) in [6.45, 7) is 9.09. The summed E-state index contributed by atoms with van der Waals surface area (Å²) >= 11 is 12.0. The van der Waals surface area contributed by atoms with E-state index in [4.69, 9.17) is 28.9 Å². The van der Waals surface area contributed by atoms with E-state index in [-0.39, 0.29) is 11.3 Å². The maximum absolute atomic E-state index is 10.5. The summed E-state index contributed by atoms with van der Waals surface area (Å²) in [6, 6.07) is 5.44. The Morgan fingerprint density at radius 1 is 1.20 bits per heavy atom. The first-order valence-electron chi connectivity index (χ1n) is 7.00. The summed E-state index contributed by atoms with van der Waals surface area (Å²) in [5.41, 5.74) is 6.95. The summed E-state index contributed by atoms with van der Waals surface area (Å²) in [5, 5.41) is 11.5. The molecule has 0 radical (unpaired) electrons. The van der Waals surface area contributed by atoms with Gasteiger partial charge in [-0.3, -0.25) is 0 Å². The fourth-order valence-corrected chi connectivity index (χ4v) is 2.44. The number of hydrogen-bond donors (Lipinski definition) is 2. The monoisotopic (exact) mass is 317 g/mol. The van der Waals surface area contributed by atoms with Crippen molar-refractivity contribution in [3.8, 4) is 0 Å². The number of nitrogens with two attached hydrogens (primary N) is 1. The predicted molar refractivity (Wildman–Crippen MR) is 87.5 cm³/mol. The second-order valence-electron chi connectivity index (χ2n) is 6.59. The van der Waals surface area contributed by atoms with Crippen LogP contribution in [0.3, 0.4) is 0 Å². The number of benzene rings is 1. The summed E-state index contributed by atoms with van der Waals surface area (Å²) < 4.78 is 0. The van der Waals surface area contributed by atoms with Gasteiger partial charge in [-0.25, -0.2) is 0 Å². The average Bonchev–Trinajstić information content (AvgIpc) is 2.33. The average molecular weight is 318 g/mol. The summed E-state index contributed by atoms with van der Waals surface area (Å²) in [7, 11) is 0. The topological polar surface area (TPSA) is 46.2 Å². The molecule has 3 atom stereocenters. The van der Waals surface area contributed by atoms with Gasteiger partial charge in [0.15, 0.2) is 0 Å². The van der Waals surface area contributed by atoms with Gasteiger partial charge in [0, 0.05) is 12.5 Å². The molecule has 0 bridgehead atoms. The molecular formula is C16H25Cl2NO. The van der Waals surface area contributed by atoms with Crippen molar-refractivity contribution in [1.82, 2.24) is 0 Å². The van der Waals surface area contributed by atoms with Gasteiger partial charge >= 0.3 is 0 Å². The van der Waals surface area contributed by atoms with Crippen molar-refractivity contribution in [2.24, 2.45) is 17.1 Å². The van der Waals surface area contributed by atoms with Crippen LogP contribution in [0.15, 0.2) is 18.2 Å². The smallest absolute Gasteiger partial charge is 0.0623 e. The van der Waals surface area contributed by atoms with E-state index in [1.165, 1.54) is 0 Å².